The van der Waals surface area contributed by atoms with E-state index in [4.69, 9.17) is 0 Å². The van der Waals surface area contributed by atoms with Gasteiger partial charge in [-0.2, -0.15) is 10.2 Å². The molecule has 0 bridgehead atoms. The van der Waals surface area contributed by atoms with Crippen LogP contribution in [-0.4, -0.2) is 36.5 Å². The SMILES string of the molecule is CC(C)[C@H](Cn1cncn1)NC(=O)c1cccc(-n2cccn2)c1. The fourth-order valence-corrected chi connectivity index (χ4v) is 2.41. The zero-order valence-electron chi connectivity index (χ0n) is 13.7. The fraction of sp³-hybridized carbons (Fsp3) is 0.294. The summed E-state index contributed by atoms with van der Waals surface area (Å²) in [5.74, 6) is 0.162. The molecule has 0 aliphatic rings. The molecule has 0 unspecified atom stereocenters. The largest absolute Gasteiger partial charge is 0.347 e. The van der Waals surface area contributed by atoms with Crippen LogP contribution in [0.4, 0.5) is 0 Å². The lowest BCUT2D eigenvalue weighted by atomic mass is 10.0. The van der Waals surface area contributed by atoms with Gasteiger partial charge in [-0.25, -0.2) is 9.67 Å². The Morgan fingerprint density at radius 1 is 1.25 bits per heavy atom. The molecule has 7 nitrogen and oxygen atoms in total. The Kier molecular flexibility index (Phi) is 4.69. The van der Waals surface area contributed by atoms with Crippen molar-refractivity contribution < 1.29 is 4.79 Å². The van der Waals surface area contributed by atoms with Gasteiger partial charge in [0.15, 0.2) is 0 Å². The van der Waals surface area contributed by atoms with E-state index in [1.54, 1.807) is 28.0 Å². The van der Waals surface area contributed by atoms with Crippen LogP contribution in [0.2, 0.25) is 0 Å². The summed E-state index contributed by atoms with van der Waals surface area (Å²) >= 11 is 0. The number of hydrogen-bond acceptors (Lipinski definition) is 4. The molecule has 0 aliphatic heterocycles. The molecule has 3 aromatic rings. The van der Waals surface area contributed by atoms with Gasteiger partial charge in [0, 0.05) is 18.0 Å². The molecule has 24 heavy (non-hydrogen) atoms. The molecule has 124 valence electrons. The number of nitrogens with one attached hydrogen (secondary N) is 1. The molecular weight excluding hydrogens is 304 g/mol. The molecule has 3 rings (SSSR count). The zero-order chi connectivity index (χ0) is 16.9. The second-order valence-electron chi connectivity index (χ2n) is 5.94. The Morgan fingerprint density at radius 2 is 2.12 bits per heavy atom. The summed E-state index contributed by atoms with van der Waals surface area (Å²) in [4.78, 5) is 16.6. The number of benzene rings is 1. The summed E-state index contributed by atoms with van der Waals surface area (Å²) in [6, 6.07) is 9.21. The Bertz CT molecular complexity index is 779. The lowest BCUT2D eigenvalue weighted by Gasteiger charge is -2.22. The first kappa shape index (κ1) is 15.9. The Hall–Kier alpha value is -2.96. The number of aromatic nitrogens is 5. The van der Waals surface area contributed by atoms with Crippen molar-refractivity contribution in [2.45, 2.75) is 26.4 Å². The first-order valence-electron chi connectivity index (χ1n) is 7.87. The van der Waals surface area contributed by atoms with E-state index in [1.807, 2.05) is 30.5 Å². The van der Waals surface area contributed by atoms with Crippen LogP contribution in [0.15, 0.2) is 55.4 Å². The van der Waals surface area contributed by atoms with Crippen molar-refractivity contribution in [2.75, 3.05) is 0 Å². The minimum atomic E-state index is -0.108. The van der Waals surface area contributed by atoms with Crippen LogP contribution in [0, 0.1) is 5.92 Å². The van der Waals surface area contributed by atoms with Crippen LogP contribution in [0.3, 0.4) is 0 Å². The van der Waals surface area contributed by atoms with E-state index in [-0.39, 0.29) is 17.9 Å². The van der Waals surface area contributed by atoms with E-state index in [1.165, 1.54) is 6.33 Å². The highest BCUT2D eigenvalue weighted by Crippen LogP contribution is 2.11. The van der Waals surface area contributed by atoms with Gasteiger partial charge in [-0.15, -0.1) is 0 Å². The lowest BCUT2D eigenvalue weighted by Crippen LogP contribution is -2.41. The van der Waals surface area contributed by atoms with E-state index in [2.05, 4.69) is 34.3 Å². The van der Waals surface area contributed by atoms with Crippen molar-refractivity contribution in [2.24, 2.45) is 5.92 Å². The maximum Gasteiger partial charge on any atom is 0.251 e. The average molecular weight is 324 g/mol. The minimum absolute atomic E-state index is 0.0347. The van der Waals surface area contributed by atoms with Gasteiger partial charge in [-0.3, -0.25) is 9.48 Å². The molecule has 0 spiro atoms. The molecule has 0 saturated heterocycles. The van der Waals surface area contributed by atoms with Crippen LogP contribution < -0.4 is 5.32 Å². The van der Waals surface area contributed by atoms with Crippen molar-refractivity contribution >= 4 is 5.91 Å². The molecule has 0 aliphatic carbocycles. The van der Waals surface area contributed by atoms with Crippen LogP contribution >= 0.6 is 0 Å². The molecule has 1 N–H and O–H groups in total. The normalized spacial score (nSPS) is 12.3. The highest BCUT2D eigenvalue weighted by molar-refractivity contribution is 5.94. The average Bonchev–Trinajstić information content (AvgIpc) is 3.28. The van der Waals surface area contributed by atoms with Gasteiger partial charge in [-0.05, 0) is 30.2 Å². The van der Waals surface area contributed by atoms with Crippen molar-refractivity contribution in [1.29, 1.82) is 0 Å². The summed E-state index contributed by atoms with van der Waals surface area (Å²) in [7, 11) is 0. The van der Waals surface area contributed by atoms with E-state index in [0.717, 1.165) is 5.69 Å². The van der Waals surface area contributed by atoms with Gasteiger partial charge >= 0.3 is 0 Å². The van der Waals surface area contributed by atoms with Crippen LogP contribution in [0.5, 0.6) is 0 Å². The fourth-order valence-electron chi connectivity index (χ4n) is 2.41. The van der Waals surface area contributed by atoms with E-state index >= 15 is 0 Å². The summed E-state index contributed by atoms with van der Waals surface area (Å²) in [6.07, 6.45) is 6.70. The van der Waals surface area contributed by atoms with Crippen molar-refractivity contribution in [1.82, 2.24) is 29.9 Å². The first-order chi connectivity index (χ1) is 11.6. The number of carbonyl (C=O) groups excluding carboxylic acids is 1. The van der Waals surface area contributed by atoms with Crippen molar-refractivity contribution in [3.63, 3.8) is 0 Å². The molecule has 0 saturated carbocycles. The van der Waals surface area contributed by atoms with E-state index in [0.29, 0.717) is 12.1 Å². The van der Waals surface area contributed by atoms with Gasteiger partial charge in [0.1, 0.15) is 12.7 Å². The van der Waals surface area contributed by atoms with Gasteiger partial charge in [0.25, 0.3) is 5.91 Å². The molecule has 1 aromatic carbocycles. The third-order valence-electron chi connectivity index (χ3n) is 3.85. The van der Waals surface area contributed by atoms with Crippen molar-refractivity contribution in [3.8, 4) is 5.69 Å². The first-order valence-corrected chi connectivity index (χ1v) is 7.87. The Balaban J connectivity index is 1.74. The Morgan fingerprint density at radius 3 is 2.79 bits per heavy atom. The highest BCUT2D eigenvalue weighted by atomic mass is 16.1. The van der Waals surface area contributed by atoms with Crippen LogP contribution in [-0.2, 0) is 6.54 Å². The predicted octanol–water partition coefficient (Wildman–Crippen LogP) is 1.92. The second kappa shape index (κ2) is 7.08. The molecule has 2 heterocycles. The molecule has 7 heteroatoms. The molecule has 2 aromatic heterocycles. The standard InChI is InChI=1S/C17H20N6O/c1-13(2)16(10-22-12-18-11-20-22)21-17(24)14-5-3-6-15(9-14)23-8-4-7-19-23/h3-9,11-13,16H,10H2,1-2H3,(H,21,24)/t16-/m0/s1. The van der Waals surface area contributed by atoms with Gasteiger partial charge in [0.05, 0.1) is 18.3 Å². The number of rotatable bonds is 6. The molecule has 1 amide bonds. The van der Waals surface area contributed by atoms with E-state index in [9.17, 15) is 4.79 Å². The van der Waals surface area contributed by atoms with Gasteiger partial charge < -0.3 is 5.32 Å². The molecule has 1 atom stereocenters. The monoisotopic (exact) mass is 324 g/mol. The number of nitrogens with zero attached hydrogens (tertiary/aromatic N) is 5. The lowest BCUT2D eigenvalue weighted by molar-refractivity contribution is 0.0919. The summed E-state index contributed by atoms with van der Waals surface area (Å²) in [5.41, 5.74) is 1.46. The molecular formula is C17H20N6O. The molecule has 0 radical (unpaired) electrons. The second-order valence-corrected chi connectivity index (χ2v) is 5.94. The number of carbonyl (C=O) groups is 1. The summed E-state index contributed by atoms with van der Waals surface area (Å²) in [5, 5.41) is 11.4. The minimum Gasteiger partial charge on any atom is -0.347 e. The van der Waals surface area contributed by atoms with Gasteiger partial charge in [0.2, 0.25) is 0 Å². The van der Waals surface area contributed by atoms with Crippen LogP contribution in [0.1, 0.15) is 24.2 Å². The summed E-state index contributed by atoms with van der Waals surface area (Å²) < 4.78 is 3.46. The summed E-state index contributed by atoms with van der Waals surface area (Å²) in [6.45, 7) is 4.73. The Labute approximate surface area is 140 Å². The van der Waals surface area contributed by atoms with E-state index < -0.39 is 0 Å². The maximum atomic E-state index is 12.6. The maximum absolute atomic E-state index is 12.6. The quantitative estimate of drug-likeness (QED) is 0.751. The van der Waals surface area contributed by atoms with Crippen LogP contribution in [0.25, 0.3) is 5.69 Å². The molecule has 0 fully saturated rings. The zero-order valence-corrected chi connectivity index (χ0v) is 13.7. The smallest absolute Gasteiger partial charge is 0.251 e. The van der Waals surface area contributed by atoms with Crippen molar-refractivity contribution in [3.05, 3.63) is 60.9 Å². The third kappa shape index (κ3) is 3.68. The van der Waals surface area contributed by atoms with Gasteiger partial charge in [-0.1, -0.05) is 19.9 Å². The predicted molar refractivity (Wildman–Crippen MR) is 89.7 cm³/mol. The topological polar surface area (TPSA) is 77.6 Å². The number of amides is 1. The third-order valence-corrected chi connectivity index (χ3v) is 3.85. The number of hydrogen-bond donors (Lipinski definition) is 1. The highest BCUT2D eigenvalue weighted by Gasteiger charge is 2.18.